The van der Waals surface area contributed by atoms with Crippen LogP contribution in [0.4, 0.5) is 5.69 Å². The molecule has 4 nitrogen and oxygen atoms in total. The van der Waals surface area contributed by atoms with Gasteiger partial charge in [0.15, 0.2) is 0 Å². The smallest absolute Gasteiger partial charge is 0.255 e. The molecule has 1 aliphatic rings. The van der Waals surface area contributed by atoms with Crippen LogP contribution in [0.1, 0.15) is 34.3 Å². The first-order valence-corrected chi connectivity index (χ1v) is 10.9. The normalized spacial score (nSPS) is 14.9. The van der Waals surface area contributed by atoms with Crippen LogP contribution in [0.15, 0.2) is 66.7 Å². The summed E-state index contributed by atoms with van der Waals surface area (Å²) in [5, 5.41) is 2.98. The summed E-state index contributed by atoms with van der Waals surface area (Å²) in [4.78, 5) is 14.9. The number of hydrogen-bond donors (Lipinski definition) is 1. The van der Waals surface area contributed by atoms with E-state index in [9.17, 15) is 4.79 Å². The van der Waals surface area contributed by atoms with Crippen molar-refractivity contribution in [2.45, 2.75) is 32.8 Å². The lowest BCUT2D eigenvalue weighted by molar-refractivity contribution is 0.102. The number of carbonyl (C=O) groups excluding carboxylic acids is 1. The van der Waals surface area contributed by atoms with E-state index in [-0.39, 0.29) is 5.91 Å². The van der Waals surface area contributed by atoms with Gasteiger partial charge in [-0.15, -0.1) is 0 Å². The number of likely N-dealkylation sites (tertiary alicyclic amines) is 1. The second kappa shape index (κ2) is 9.36. The molecule has 1 heterocycles. The van der Waals surface area contributed by atoms with Crippen molar-refractivity contribution in [1.29, 1.82) is 0 Å². The highest BCUT2D eigenvalue weighted by molar-refractivity contribution is 6.04. The number of amides is 1. The maximum Gasteiger partial charge on any atom is 0.255 e. The molecular weight excluding hydrogens is 384 g/mol. The first-order valence-electron chi connectivity index (χ1n) is 10.9. The zero-order valence-corrected chi connectivity index (χ0v) is 18.5. The number of rotatable bonds is 5. The molecule has 1 saturated heterocycles. The largest absolute Gasteiger partial charge is 0.490 e. The molecule has 0 atom stereocenters. The summed E-state index contributed by atoms with van der Waals surface area (Å²) in [6.07, 6.45) is 2.46. The van der Waals surface area contributed by atoms with Crippen LogP contribution in [0, 0.1) is 13.8 Å². The number of carbonyl (C=O) groups is 1. The summed E-state index contributed by atoms with van der Waals surface area (Å²) >= 11 is 0. The van der Waals surface area contributed by atoms with Crippen molar-refractivity contribution in [1.82, 2.24) is 4.90 Å². The molecule has 1 aliphatic heterocycles. The Bertz CT molecular complexity index is 1030. The Balaban J connectivity index is 1.37. The first kappa shape index (κ1) is 21.1. The summed E-state index contributed by atoms with van der Waals surface area (Å²) in [5.41, 5.74) is 5.99. The van der Waals surface area contributed by atoms with Crippen molar-refractivity contribution in [3.63, 3.8) is 0 Å². The van der Waals surface area contributed by atoms with E-state index in [1.54, 1.807) is 0 Å². The topological polar surface area (TPSA) is 41.6 Å². The molecule has 1 fully saturated rings. The van der Waals surface area contributed by atoms with Gasteiger partial charge in [0.25, 0.3) is 5.91 Å². The van der Waals surface area contributed by atoms with Gasteiger partial charge in [0.2, 0.25) is 0 Å². The maximum atomic E-state index is 12.5. The Hall–Kier alpha value is -3.11. The van der Waals surface area contributed by atoms with Crippen molar-refractivity contribution >= 4 is 11.6 Å². The highest BCUT2D eigenvalue weighted by Crippen LogP contribution is 2.26. The number of anilines is 1. The van der Waals surface area contributed by atoms with E-state index < -0.39 is 0 Å². The summed E-state index contributed by atoms with van der Waals surface area (Å²) in [6.45, 7) is 6.25. The third-order valence-corrected chi connectivity index (χ3v) is 6.07. The molecule has 31 heavy (non-hydrogen) atoms. The number of nitrogens with zero attached hydrogens (tertiary/aromatic N) is 1. The fraction of sp³-hybridized carbons (Fsp3) is 0.296. The quantitative estimate of drug-likeness (QED) is 0.583. The molecule has 3 aromatic rings. The second-order valence-corrected chi connectivity index (χ2v) is 8.48. The van der Waals surface area contributed by atoms with E-state index in [1.807, 2.05) is 68.4 Å². The zero-order chi connectivity index (χ0) is 21.8. The van der Waals surface area contributed by atoms with Gasteiger partial charge >= 0.3 is 0 Å². The van der Waals surface area contributed by atoms with E-state index in [1.165, 1.54) is 5.56 Å². The number of piperidine rings is 1. The standard InChI is InChI=1S/C27H30N2O2/c1-19-4-5-23(18-20(19)2)27(30)28-24-10-6-21(7-11-24)22-8-12-25(13-9-22)31-26-14-16-29(3)17-15-26/h4-13,18,26H,14-17H2,1-3H3,(H,28,30). The highest BCUT2D eigenvalue weighted by atomic mass is 16.5. The molecule has 0 radical (unpaired) electrons. The first-order chi connectivity index (χ1) is 15.0. The Morgan fingerprint density at radius 1 is 0.871 bits per heavy atom. The van der Waals surface area contributed by atoms with E-state index >= 15 is 0 Å². The monoisotopic (exact) mass is 414 g/mol. The fourth-order valence-electron chi connectivity index (χ4n) is 3.85. The van der Waals surface area contributed by atoms with Gasteiger partial charge in [0, 0.05) is 24.3 Å². The van der Waals surface area contributed by atoms with Gasteiger partial charge in [0.05, 0.1) is 0 Å². The van der Waals surface area contributed by atoms with Crippen molar-refractivity contribution in [3.05, 3.63) is 83.4 Å². The Morgan fingerprint density at radius 3 is 2.10 bits per heavy atom. The zero-order valence-electron chi connectivity index (χ0n) is 18.5. The molecular formula is C27H30N2O2. The van der Waals surface area contributed by atoms with Crippen molar-refractivity contribution < 1.29 is 9.53 Å². The average molecular weight is 415 g/mol. The fourth-order valence-corrected chi connectivity index (χ4v) is 3.85. The van der Waals surface area contributed by atoms with E-state index in [2.05, 4.69) is 29.4 Å². The lowest BCUT2D eigenvalue weighted by Crippen LogP contribution is -2.35. The van der Waals surface area contributed by atoms with Gasteiger partial charge in [-0.05, 0) is 92.4 Å². The van der Waals surface area contributed by atoms with Crippen LogP contribution in [0.2, 0.25) is 0 Å². The van der Waals surface area contributed by atoms with Gasteiger partial charge in [-0.1, -0.05) is 30.3 Å². The average Bonchev–Trinajstić information content (AvgIpc) is 2.78. The van der Waals surface area contributed by atoms with Gasteiger partial charge in [-0.3, -0.25) is 4.79 Å². The molecule has 4 rings (SSSR count). The number of nitrogens with one attached hydrogen (secondary N) is 1. The molecule has 4 heteroatoms. The predicted molar refractivity (Wildman–Crippen MR) is 127 cm³/mol. The van der Waals surface area contributed by atoms with Gasteiger partial charge in [-0.25, -0.2) is 0 Å². The van der Waals surface area contributed by atoms with Crippen LogP contribution in [0.3, 0.4) is 0 Å². The molecule has 0 aromatic heterocycles. The molecule has 1 N–H and O–H groups in total. The van der Waals surface area contributed by atoms with Crippen molar-refractivity contribution in [3.8, 4) is 16.9 Å². The van der Waals surface area contributed by atoms with Crippen LogP contribution in [-0.4, -0.2) is 37.0 Å². The second-order valence-electron chi connectivity index (χ2n) is 8.48. The minimum Gasteiger partial charge on any atom is -0.490 e. The van der Waals surface area contributed by atoms with Crippen molar-refractivity contribution in [2.75, 3.05) is 25.5 Å². The molecule has 1 amide bonds. The Morgan fingerprint density at radius 2 is 1.48 bits per heavy atom. The minimum absolute atomic E-state index is 0.0914. The van der Waals surface area contributed by atoms with Gasteiger partial charge < -0.3 is 15.0 Å². The Labute approximate surface area is 184 Å². The van der Waals surface area contributed by atoms with Crippen LogP contribution in [-0.2, 0) is 0 Å². The summed E-state index contributed by atoms with van der Waals surface area (Å²) < 4.78 is 6.14. The molecule has 3 aromatic carbocycles. The molecule has 0 unspecified atom stereocenters. The number of hydrogen-bond acceptors (Lipinski definition) is 3. The van der Waals surface area contributed by atoms with E-state index in [0.29, 0.717) is 11.7 Å². The van der Waals surface area contributed by atoms with Crippen LogP contribution in [0.5, 0.6) is 5.75 Å². The molecule has 0 bridgehead atoms. The molecule has 160 valence electrons. The summed E-state index contributed by atoms with van der Waals surface area (Å²) in [7, 11) is 2.16. The van der Waals surface area contributed by atoms with Crippen LogP contribution >= 0.6 is 0 Å². The molecule has 0 saturated carbocycles. The highest BCUT2D eigenvalue weighted by Gasteiger charge is 2.17. The Kier molecular flexibility index (Phi) is 6.38. The molecule has 0 spiro atoms. The van der Waals surface area contributed by atoms with E-state index in [4.69, 9.17) is 4.74 Å². The van der Waals surface area contributed by atoms with Crippen LogP contribution in [0.25, 0.3) is 11.1 Å². The SMILES string of the molecule is Cc1ccc(C(=O)Nc2ccc(-c3ccc(OC4CCN(C)CC4)cc3)cc2)cc1C. The minimum atomic E-state index is -0.0914. The summed E-state index contributed by atoms with van der Waals surface area (Å²) in [5.74, 6) is 0.835. The summed E-state index contributed by atoms with van der Waals surface area (Å²) in [6, 6.07) is 22.0. The van der Waals surface area contributed by atoms with E-state index in [0.717, 1.165) is 54.1 Å². The lowest BCUT2D eigenvalue weighted by Gasteiger charge is -2.29. The maximum absolute atomic E-state index is 12.5. The number of ether oxygens (including phenoxy) is 1. The number of benzene rings is 3. The predicted octanol–water partition coefficient (Wildman–Crippen LogP) is 5.70. The lowest BCUT2D eigenvalue weighted by atomic mass is 10.0. The van der Waals surface area contributed by atoms with Crippen LogP contribution < -0.4 is 10.1 Å². The van der Waals surface area contributed by atoms with Gasteiger partial charge in [0.1, 0.15) is 11.9 Å². The van der Waals surface area contributed by atoms with Gasteiger partial charge in [-0.2, -0.15) is 0 Å². The number of aryl methyl sites for hydroxylation is 2. The molecule has 0 aliphatic carbocycles. The van der Waals surface area contributed by atoms with Crippen molar-refractivity contribution in [2.24, 2.45) is 0 Å². The third-order valence-electron chi connectivity index (χ3n) is 6.07. The third kappa shape index (κ3) is 5.33.